The van der Waals surface area contributed by atoms with Gasteiger partial charge in [0.1, 0.15) is 36.2 Å². The fourth-order valence-corrected chi connectivity index (χ4v) is 3.50. The highest BCUT2D eigenvalue weighted by atomic mass is 32.1. The van der Waals surface area contributed by atoms with E-state index in [9.17, 15) is 24.5 Å². The zero-order chi connectivity index (χ0) is 21.3. The summed E-state index contributed by atoms with van der Waals surface area (Å²) in [5.74, 6) is -1.17. The average Bonchev–Trinajstić information content (AvgIpc) is 3.22. The number of hydrogen-bond acceptors (Lipinski definition) is 13. The van der Waals surface area contributed by atoms with Gasteiger partial charge in [-0.25, -0.2) is 24.3 Å². The lowest BCUT2D eigenvalue weighted by atomic mass is 10.1. The molecule has 0 aliphatic carbocycles. The van der Waals surface area contributed by atoms with Crippen LogP contribution in [0, 0.1) is 0 Å². The van der Waals surface area contributed by atoms with E-state index in [1.807, 2.05) is 0 Å². The van der Waals surface area contributed by atoms with Gasteiger partial charge in [0.2, 0.25) is 0 Å². The average molecular weight is 450 g/mol. The van der Waals surface area contributed by atoms with E-state index in [-0.39, 0.29) is 22.7 Å². The van der Waals surface area contributed by atoms with Gasteiger partial charge in [-0.05, 0) is 0 Å². The Bertz CT molecular complexity index is 945. The fraction of sp³-hybridized carbons (Fsp3) is 0.538. The highest BCUT2D eigenvalue weighted by molar-refractivity contribution is 7.80. The molecule has 14 nitrogen and oxygen atoms in total. The first-order valence-electron chi connectivity index (χ1n) is 8.16. The van der Waals surface area contributed by atoms with Crippen LogP contribution in [0.15, 0.2) is 12.7 Å². The second kappa shape index (κ2) is 8.49. The number of fused-ring (bicyclic) bond motifs is 1. The molecule has 2 aromatic rings. The van der Waals surface area contributed by atoms with Crippen LogP contribution >= 0.6 is 20.5 Å². The number of nitrogens with two attached hydrogens (primary N) is 2. The minimum atomic E-state index is -4.83. The molecule has 0 saturated carbocycles. The van der Waals surface area contributed by atoms with Crippen LogP contribution in [0.2, 0.25) is 0 Å². The molecule has 29 heavy (non-hydrogen) atoms. The van der Waals surface area contributed by atoms with E-state index in [4.69, 9.17) is 20.7 Å². The van der Waals surface area contributed by atoms with E-state index in [1.54, 1.807) is 0 Å². The highest BCUT2D eigenvalue weighted by Gasteiger charge is 2.45. The number of anilines is 1. The molecule has 2 aromatic heterocycles. The third kappa shape index (κ3) is 4.51. The van der Waals surface area contributed by atoms with Gasteiger partial charge in [0.05, 0.1) is 12.9 Å². The third-order valence-corrected chi connectivity index (χ3v) is 5.38. The fourth-order valence-electron chi connectivity index (χ4n) is 2.60. The van der Waals surface area contributed by atoms with Gasteiger partial charge >= 0.3 is 13.8 Å². The predicted molar refractivity (Wildman–Crippen MR) is 99.4 cm³/mol. The molecule has 1 saturated heterocycles. The van der Waals surface area contributed by atoms with Crippen LogP contribution in [0.4, 0.5) is 5.82 Å². The van der Waals surface area contributed by atoms with Crippen LogP contribution in [-0.2, 0) is 23.1 Å². The SMILES string of the molecule is Nc1ncnc2c1ncn2[C@@H]1O[C@H](COP(=O)(O)OC(=O)[C@@H](N)CS)[C@@H](O)[C@H]1O. The maximum Gasteiger partial charge on any atom is 0.529 e. The minimum absolute atomic E-state index is 0.107. The Morgan fingerprint density at radius 3 is 2.79 bits per heavy atom. The summed E-state index contributed by atoms with van der Waals surface area (Å²) in [6.07, 6.45) is -2.83. The molecule has 0 aromatic carbocycles. The van der Waals surface area contributed by atoms with Gasteiger partial charge in [0.15, 0.2) is 17.7 Å². The lowest BCUT2D eigenvalue weighted by molar-refractivity contribution is -0.137. The summed E-state index contributed by atoms with van der Waals surface area (Å²) in [6, 6.07) is -1.22. The number of aliphatic hydroxyl groups excluding tert-OH is 2. The van der Waals surface area contributed by atoms with Crippen molar-refractivity contribution in [2.75, 3.05) is 18.1 Å². The number of nitrogen functional groups attached to an aromatic ring is 1. The molecule has 0 radical (unpaired) electrons. The largest absolute Gasteiger partial charge is 0.529 e. The molecular formula is C13H19N6O8PS. The van der Waals surface area contributed by atoms with Crippen LogP contribution in [0.1, 0.15) is 6.23 Å². The van der Waals surface area contributed by atoms with Crippen LogP contribution in [0.5, 0.6) is 0 Å². The quantitative estimate of drug-likeness (QED) is 0.198. The molecule has 160 valence electrons. The van der Waals surface area contributed by atoms with Crippen LogP contribution in [0.3, 0.4) is 0 Å². The first kappa shape index (κ1) is 21.9. The number of phosphoric ester groups is 1. The molecule has 0 spiro atoms. The number of aromatic nitrogens is 4. The monoisotopic (exact) mass is 450 g/mol. The summed E-state index contributed by atoms with van der Waals surface area (Å²) >= 11 is 3.78. The van der Waals surface area contributed by atoms with Crippen molar-refractivity contribution in [2.24, 2.45) is 5.73 Å². The summed E-state index contributed by atoms with van der Waals surface area (Å²) in [7, 11) is -4.83. The molecule has 3 heterocycles. The summed E-state index contributed by atoms with van der Waals surface area (Å²) in [5, 5.41) is 20.5. The number of thiol groups is 1. The molecule has 3 rings (SSSR count). The molecule has 6 atom stereocenters. The van der Waals surface area contributed by atoms with E-state index in [0.717, 1.165) is 0 Å². The molecule has 1 unspecified atom stereocenters. The minimum Gasteiger partial charge on any atom is -0.387 e. The molecule has 7 N–H and O–H groups in total. The molecule has 0 amide bonds. The van der Waals surface area contributed by atoms with Crippen molar-refractivity contribution >= 4 is 43.4 Å². The number of imidazole rings is 1. The van der Waals surface area contributed by atoms with E-state index < -0.39 is 51.0 Å². The second-order valence-electron chi connectivity index (χ2n) is 6.09. The summed E-state index contributed by atoms with van der Waals surface area (Å²) in [4.78, 5) is 33.0. The first-order valence-corrected chi connectivity index (χ1v) is 10.3. The van der Waals surface area contributed by atoms with Gasteiger partial charge in [-0.1, -0.05) is 0 Å². The summed E-state index contributed by atoms with van der Waals surface area (Å²) in [5.41, 5.74) is 11.6. The van der Waals surface area contributed by atoms with Crippen LogP contribution < -0.4 is 11.5 Å². The van der Waals surface area contributed by atoms with Crippen molar-refractivity contribution in [1.82, 2.24) is 19.5 Å². The lowest BCUT2D eigenvalue weighted by Crippen LogP contribution is -2.35. The molecule has 1 aliphatic rings. The van der Waals surface area contributed by atoms with Crippen molar-refractivity contribution < 1.29 is 38.3 Å². The molecular weight excluding hydrogens is 431 g/mol. The number of hydrogen-bond donors (Lipinski definition) is 6. The maximum absolute atomic E-state index is 11.9. The van der Waals surface area contributed by atoms with E-state index in [2.05, 4.69) is 32.1 Å². The summed E-state index contributed by atoms with van der Waals surface area (Å²) in [6.45, 7) is -0.671. The van der Waals surface area contributed by atoms with E-state index in [0.29, 0.717) is 0 Å². The molecule has 1 aliphatic heterocycles. The Morgan fingerprint density at radius 1 is 1.38 bits per heavy atom. The zero-order valence-corrected chi connectivity index (χ0v) is 16.5. The van der Waals surface area contributed by atoms with Gasteiger partial charge in [-0.3, -0.25) is 14.0 Å². The smallest absolute Gasteiger partial charge is 0.387 e. The van der Waals surface area contributed by atoms with Crippen molar-refractivity contribution in [1.29, 1.82) is 0 Å². The molecule has 0 bridgehead atoms. The van der Waals surface area contributed by atoms with Crippen molar-refractivity contribution in [3.05, 3.63) is 12.7 Å². The Morgan fingerprint density at radius 2 is 2.10 bits per heavy atom. The summed E-state index contributed by atoms with van der Waals surface area (Å²) < 4.78 is 27.7. The number of carbonyl (C=O) groups is 1. The zero-order valence-electron chi connectivity index (χ0n) is 14.7. The third-order valence-electron chi connectivity index (χ3n) is 4.11. The van der Waals surface area contributed by atoms with Gasteiger partial charge in [-0.15, -0.1) is 0 Å². The number of aliphatic hydroxyl groups is 2. The van der Waals surface area contributed by atoms with Crippen LogP contribution in [0.25, 0.3) is 11.2 Å². The maximum atomic E-state index is 11.9. The number of nitrogens with zero attached hydrogens (tertiary/aromatic N) is 4. The number of ether oxygens (including phenoxy) is 1. The molecule has 1 fully saturated rings. The van der Waals surface area contributed by atoms with Crippen molar-refractivity contribution in [3.8, 4) is 0 Å². The lowest BCUT2D eigenvalue weighted by Gasteiger charge is -2.18. The predicted octanol–water partition coefficient (Wildman–Crippen LogP) is -2.05. The Labute approximate surface area is 168 Å². The normalized spacial score (nSPS) is 27.6. The topological polar surface area (TPSA) is 218 Å². The van der Waals surface area contributed by atoms with Gasteiger partial charge in [-0.2, -0.15) is 12.6 Å². The number of phosphoric acid groups is 1. The molecule has 16 heteroatoms. The Hall–Kier alpha value is -1.84. The standard InChI is InChI=1S/C13H19N6O8PS/c14-5(2-29)13(22)27-28(23,24)25-1-6-8(20)9(21)12(26-6)19-4-18-7-10(15)16-3-17-11(7)19/h3-6,8-9,12,20-21,29H,1-2,14H2,(H,23,24)(H2,15,16,17)/t5-,6+,8+,9+,12+/m0/s1. The van der Waals surface area contributed by atoms with Crippen LogP contribution in [-0.4, -0.2) is 77.3 Å². The number of rotatable bonds is 7. The number of carbonyl (C=O) groups excluding carboxylic acids is 1. The van der Waals surface area contributed by atoms with Gasteiger partial charge in [0.25, 0.3) is 0 Å². The van der Waals surface area contributed by atoms with Gasteiger partial charge < -0.3 is 30.9 Å². The Kier molecular flexibility index (Phi) is 6.40. The first-order chi connectivity index (χ1) is 13.6. The Balaban J connectivity index is 1.69. The van der Waals surface area contributed by atoms with E-state index >= 15 is 0 Å². The van der Waals surface area contributed by atoms with Crippen molar-refractivity contribution in [3.63, 3.8) is 0 Å². The van der Waals surface area contributed by atoms with Crippen molar-refractivity contribution in [2.45, 2.75) is 30.6 Å². The van der Waals surface area contributed by atoms with Gasteiger partial charge in [0, 0.05) is 5.75 Å². The highest BCUT2D eigenvalue weighted by Crippen LogP contribution is 2.44. The second-order valence-corrected chi connectivity index (χ2v) is 7.84. The van der Waals surface area contributed by atoms with E-state index in [1.165, 1.54) is 17.2 Å².